The van der Waals surface area contributed by atoms with Crippen molar-refractivity contribution in [2.75, 3.05) is 13.2 Å². The molecule has 0 bridgehead atoms. The van der Waals surface area contributed by atoms with Crippen molar-refractivity contribution in [1.29, 1.82) is 0 Å². The predicted octanol–water partition coefficient (Wildman–Crippen LogP) is 4.99. The minimum absolute atomic E-state index is 0.0785. The van der Waals surface area contributed by atoms with Crippen molar-refractivity contribution < 1.29 is 28.7 Å². The molecule has 0 saturated carbocycles. The van der Waals surface area contributed by atoms with Crippen LogP contribution in [0.1, 0.15) is 47.1 Å². The topological polar surface area (TPSA) is 93.1 Å². The molecule has 1 aliphatic rings. The molecule has 7 nitrogen and oxygen atoms in total. The second-order valence-electron chi connectivity index (χ2n) is 13.0. The average Bonchev–Trinajstić information content (AvgIpc) is 3.39. The molecule has 1 N–H and O–H groups in total. The lowest BCUT2D eigenvalue weighted by Gasteiger charge is -2.44. The second kappa shape index (κ2) is 14.0. The number of aliphatic hydroxyl groups excluding tert-OH is 1. The molecule has 0 aromatic heterocycles. The van der Waals surface area contributed by atoms with Gasteiger partial charge in [0.2, 0.25) is 5.91 Å². The van der Waals surface area contributed by atoms with Crippen LogP contribution in [0.2, 0.25) is 5.04 Å². The van der Waals surface area contributed by atoms with Gasteiger partial charge in [0.25, 0.3) is 8.32 Å². The molecule has 44 heavy (non-hydrogen) atoms. The van der Waals surface area contributed by atoms with Gasteiger partial charge >= 0.3 is 6.09 Å². The summed E-state index contributed by atoms with van der Waals surface area (Å²) in [7, 11) is -2.83. The van der Waals surface area contributed by atoms with Gasteiger partial charge in [0, 0.05) is 18.4 Å². The van der Waals surface area contributed by atoms with Crippen LogP contribution in [-0.2, 0) is 25.2 Å². The molecule has 1 saturated heterocycles. The van der Waals surface area contributed by atoms with Gasteiger partial charge in [0.1, 0.15) is 12.4 Å². The number of ketones is 1. The maximum Gasteiger partial charge on any atom is 0.417 e. The van der Waals surface area contributed by atoms with Crippen LogP contribution in [0.5, 0.6) is 0 Å². The molecule has 3 aromatic carbocycles. The SMILES string of the molecule is C[C@H](C(=O)[C@@H](C)[C@@H](O)[C@H](C)CO[Si](c1ccccc1)(c1ccccc1)C(C)(C)C)C(=O)N1C(=O)OC[C@H]1Cc1ccccc1. The number of amides is 2. The van der Waals surface area contributed by atoms with Crippen molar-refractivity contribution in [3.8, 4) is 0 Å². The van der Waals surface area contributed by atoms with Crippen molar-refractivity contribution in [3.05, 3.63) is 96.6 Å². The minimum atomic E-state index is -2.83. The van der Waals surface area contributed by atoms with Crippen LogP contribution in [0.4, 0.5) is 4.79 Å². The molecule has 0 aliphatic carbocycles. The monoisotopic (exact) mass is 615 g/mol. The van der Waals surface area contributed by atoms with Gasteiger partial charge in [-0.05, 0) is 34.3 Å². The summed E-state index contributed by atoms with van der Waals surface area (Å²) >= 11 is 0. The highest BCUT2D eigenvalue weighted by molar-refractivity contribution is 6.99. The standard InChI is InChI=1S/C36H45NO6Si/c1-25(23-43-44(36(4,5)6,30-18-12-8-13-19-30)31-20-14-9-15-21-31)32(38)26(2)33(39)27(3)34(40)37-29(24-42-35(37)41)22-28-16-10-7-11-17-28/h7-21,25-27,29,32,38H,22-24H2,1-6H3/t25-,26+,27-,29-,32+/m1/s1. The summed E-state index contributed by atoms with van der Waals surface area (Å²) in [5.74, 6) is -3.39. The number of hydrogen-bond donors (Lipinski definition) is 1. The van der Waals surface area contributed by atoms with E-state index in [1.54, 1.807) is 6.92 Å². The molecule has 2 amide bonds. The quantitative estimate of drug-likeness (QED) is 0.228. The van der Waals surface area contributed by atoms with Crippen molar-refractivity contribution in [1.82, 2.24) is 4.90 Å². The van der Waals surface area contributed by atoms with Crippen molar-refractivity contribution in [2.24, 2.45) is 17.8 Å². The lowest BCUT2D eigenvalue weighted by Crippen LogP contribution is -2.67. The van der Waals surface area contributed by atoms with E-state index in [2.05, 4.69) is 45.0 Å². The molecule has 234 valence electrons. The molecule has 3 aromatic rings. The first-order valence-electron chi connectivity index (χ1n) is 15.4. The molecule has 1 fully saturated rings. The predicted molar refractivity (Wildman–Crippen MR) is 174 cm³/mol. The van der Waals surface area contributed by atoms with E-state index in [0.29, 0.717) is 6.42 Å². The van der Waals surface area contributed by atoms with Crippen LogP contribution in [0.3, 0.4) is 0 Å². The molecule has 8 heteroatoms. The minimum Gasteiger partial charge on any atom is -0.447 e. The van der Waals surface area contributed by atoms with Gasteiger partial charge in [-0.1, -0.05) is 126 Å². The van der Waals surface area contributed by atoms with Crippen LogP contribution in [-0.4, -0.2) is 61.5 Å². The first kappa shape index (κ1) is 33.3. The number of carbonyl (C=O) groups is 3. The number of hydrogen-bond acceptors (Lipinski definition) is 6. The zero-order valence-electron chi connectivity index (χ0n) is 26.6. The number of benzene rings is 3. The fourth-order valence-corrected chi connectivity index (χ4v) is 10.9. The molecule has 5 atom stereocenters. The normalized spacial score (nSPS) is 18.3. The zero-order chi connectivity index (χ0) is 32.1. The van der Waals surface area contributed by atoms with E-state index in [9.17, 15) is 19.5 Å². The summed E-state index contributed by atoms with van der Waals surface area (Å²) in [6.07, 6.45) is -1.36. The molecule has 1 heterocycles. The smallest absolute Gasteiger partial charge is 0.417 e. The fraction of sp³-hybridized carbons (Fsp3) is 0.417. The number of aliphatic hydroxyl groups is 1. The Morgan fingerprint density at radius 2 is 1.41 bits per heavy atom. The summed E-state index contributed by atoms with van der Waals surface area (Å²) in [5, 5.41) is 13.4. The summed E-state index contributed by atoms with van der Waals surface area (Å²) in [4.78, 5) is 40.7. The largest absolute Gasteiger partial charge is 0.447 e. The zero-order valence-corrected chi connectivity index (χ0v) is 27.6. The fourth-order valence-electron chi connectivity index (χ4n) is 6.27. The highest BCUT2D eigenvalue weighted by Crippen LogP contribution is 2.37. The van der Waals surface area contributed by atoms with Crippen molar-refractivity contribution >= 4 is 36.5 Å². The molecule has 1 aliphatic heterocycles. The Labute approximate surface area is 262 Å². The Morgan fingerprint density at radius 3 is 1.91 bits per heavy atom. The summed E-state index contributed by atoms with van der Waals surface area (Å²) in [6, 6.07) is 29.6. The van der Waals surface area contributed by atoms with E-state index in [0.717, 1.165) is 20.8 Å². The van der Waals surface area contributed by atoms with Gasteiger partial charge in [-0.15, -0.1) is 0 Å². The molecule has 0 radical (unpaired) electrons. The Hall–Kier alpha value is -3.59. The van der Waals surface area contributed by atoms with Crippen LogP contribution in [0, 0.1) is 17.8 Å². The third kappa shape index (κ3) is 6.88. The van der Waals surface area contributed by atoms with E-state index < -0.39 is 56.0 Å². The van der Waals surface area contributed by atoms with E-state index in [1.807, 2.05) is 73.7 Å². The first-order chi connectivity index (χ1) is 20.9. The van der Waals surface area contributed by atoms with E-state index in [1.165, 1.54) is 6.92 Å². The maximum atomic E-state index is 13.6. The third-order valence-electron chi connectivity index (χ3n) is 8.83. The van der Waals surface area contributed by atoms with Crippen molar-refractivity contribution in [2.45, 2.75) is 65.1 Å². The lowest BCUT2D eigenvalue weighted by molar-refractivity contribution is -0.142. The Kier molecular flexibility index (Phi) is 10.6. The number of carbonyl (C=O) groups excluding carboxylic acids is 3. The summed E-state index contributed by atoms with van der Waals surface area (Å²) in [5.41, 5.74) is 0.964. The highest BCUT2D eigenvalue weighted by Gasteiger charge is 2.51. The van der Waals surface area contributed by atoms with E-state index in [-0.39, 0.29) is 18.3 Å². The van der Waals surface area contributed by atoms with Gasteiger partial charge in [0.05, 0.1) is 18.1 Å². The highest BCUT2D eigenvalue weighted by atomic mass is 28.4. The van der Waals surface area contributed by atoms with E-state index >= 15 is 0 Å². The lowest BCUT2D eigenvalue weighted by atomic mass is 9.85. The number of nitrogens with zero attached hydrogens (tertiary/aromatic N) is 1. The van der Waals surface area contributed by atoms with Gasteiger partial charge < -0.3 is 14.3 Å². The van der Waals surface area contributed by atoms with Crippen molar-refractivity contribution in [3.63, 3.8) is 0 Å². The van der Waals surface area contributed by atoms with Crippen LogP contribution >= 0.6 is 0 Å². The first-order valence-corrected chi connectivity index (χ1v) is 17.3. The Balaban J connectivity index is 1.48. The molecule has 4 rings (SSSR count). The molecule has 0 spiro atoms. The van der Waals surface area contributed by atoms with Gasteiger partial charge in [-0.3, -0.25) is 9.59 Å². The number of imide groups is 1. The summed E-state index contributed by atoms with van der Waals surface area (Å²) in [6.45, 7) is 11.9. The Morgan fingerprint density at radius 1 is 0.909 bits per heavy atom. The van der Waals surface area contributed by atoms with Crippen LogP contribution in [0.15, 0.2) is 91.0 Å². The average molecular weight is 616 g/mol. The Bertz CT molecular complexity index is 1370. The van der Waals surface area contributed by atoms with Gasteiger partial charge in [-0.25, -0.2) is 9.69 Å². The van der Waals surface area contributed by atoms with E-state index in [4.69, 9.17) is 9.16 Å². The second-order valence-corrected chi connectivity index (χ2v) is 17.3. The molecular formula is C36H45NO6Si. The maximum absolute atomic E-state index is 13.6. The number of rotatable bonds is 12. The number of Topliss-reactive ketones (excluding diaryl/α,β-unsaturated/α-hetero) is 1. The van der Waals surface area contributed by atoms with Crippen LogP contribution in [0.25, 0.3) is 0 Å². The molecular weight excluding hydrogens is 570 g/mol. The summed E-state index contributed by atoms with van der Waals surface area (Å²) < 4.78 is 12.2. The molecule has 0 unspecified atom stereocenters. The van der Waals surface area contributed by atoms with Gasteiger partial charge in [0.15, 0.2) is 0 Å². The van der Waals surface area contributed by atoms with Gasteiger partial charge in [-0.2, -0.15) is 0 Å². The third-order valence-corrected chi connectivity index (χ3v) is 13.8. The number of cyclic esters (lactones) is 1. The van der Waals surface area contributed by atoms with Crippen LogP contribution < -0.4 is 10.4 Å². The number of ether oxygens (including phenoxy) is 1.